The number of benzene rings is 2. The van der Waals surface area contributed by atoms with E-state index >= 15 is 0 Å². The van der Waals surface area contributed by atoms with Crippen molar-refractivity contribution in [1.29, 1.82) is 0 Å². The number of aliphatic imine (C=N–C) groups is 1. The van der Waals surface area contributed by atoms with Gasteiger partial charge in [0.25, 0.3) is 0 Å². The highest BCUT2D eigenvalue weighted by Crippen LogP contribution is 2.62. The molecule has 10 rings (SSSR count). The highest BCUT2D eigenvalue weighted by molar-refractivity contribution is 5.92. The second-order valence-electron chi connectivity index (χ2n) is 15.5. The first-order valence-electron chi connectivity index (χ1n) is 19.6. The molecule has 1 fully saturated rings. The van der Waals surface area contributed by atoms with E-state index in [1.54, 1.807) is 0 Å². The van der Waals surface area contributed by atoms with Crippen LogP contribution in [0.3, 0.4) is 0 Å². The van der Waals surface area contributed by atoms with E-state index in [0.29, 0.717) is 0 Å². The molecule has 2 N–H and O–H groups in total. The molecule has 4 heterocycles. The number of aryl methyl sites for hydroxylation is 1. The van der Waals surface area contributed by atoms with Crippen LogP contribution in [0, 0.1) is 11.8 Å². The summed E-state index contributed by atoms with van der Waals surface area (Å²) in [6, 6.07) is 15.9. The molecular weight excluding hydrogens is 639 g/mol. The number of nitrogens with two attached hydrogens (primary N) is 1. The summed E-state index contributed by atoms with van der Waals surface area (Å²) in [6.45, 7) is 2.24. The van der Waals surface area contributed by atoms with Gasteiger partial charge >= 0.3 is 0 Å². The average molecular weight is 686 g/mol. The lowest BCUT2D eigenvalue weighted by atomic mass is 9.50. The number of fused-ring (bicyclic) bond motifs is 8. The van der Waals surface area contributed by atoms with Gasteiger partial charge < -0.3 is 19.8 Å². The lowest BCUT2D eigenvalue weighted by molar-refractivity contribution is -0.104. The molecule has 1 saturated heterocycles. The number of nitrogens with zero attached hydrogens (tertiary/aromatic N) is 2. The molecule has 7 unspecified atom stereocenters. The van der Waals surface area contributed by atoms with Gasteiger partial charge in [-0.05, 0) is 61.8 Å². The van der Waals surface area contributed by atoms with Crippen LogP contribution in [0.25, 0.3) is 10.9 Å². The first-order chi connectivity index (χ1) is 25.7. The molecule has 7 atom stereocenters. The molecule has 0 saturated carbocycles. The molecule has 262 valence electrons. The van der Waals surface area contributed by atoms with Crippen LogP contribution in [0.5, 0.6) is 5.75 Å². The van der Waals surface area contributed by atoms with Crippen LogP contribution in [-0.2, 0) is 16.6 Å². The van der Waals surface area contributed by atoms with E-state index in [0.717, 1.165) is 74.4 Å². The maximum absolute atomic E-state index is 7.08. The summed E-state index contributed by atoms with van der Waals surface area (Å²) in [5.74, 6) is 3.55. The summed E-state index contributed by atoms with van der Waals surface area (Å²) in [6.07, 6.45) is 37.8. The summed E-state index contributed by atoms with van der Waals surface area (Å²) in [4.78, 5) is 4.78. The van der Waals surface area contributed by atoms with Crippen molar-refractivity contribution in [3.63, 3.8) is 0 Å². The second kappa shape index (κ2) is 12.7. The molecule has 52 heavy (non-hydrogen) atoms. The van der Waals surface area contributed by atoms with Crippen molar-refractivity contribution in [2.24, 2.45) is 16.8 Å². The van der Waals surface area contributed by atoms with E-state index in [9.17, 15) is 0 Å². The zero-order valence-electron chi connectivity index (χ0n) is 30.0. The van der Waals surface area contributed by atoms with Crippen LogP contribution in [0.15, 0.2) is 143 Å². The SMILES string of the molecule is CCCc1c(N)n(C2C=CC=CC2)c2c(C3C=CC4=C(C3)Oc3ccccc3C43C4C=CC(C5=CCCC=N5)=CC4OC4C=CCCC43)cccc12. The first kappa shape index (κ1) is 31.8. The molecule has 0 radical (unpaired) electrons. The highest BCUT2D eigenvalue weighted by Gasteiger charge is 2.60. The van der Waals surface area contributed by atoms with Crippen molar-refractivity contribution >= 4 is 22.9 Å². The standard InChI is InChI=1S/C47H47N3O2/c1-2-13-35-34-17-12-16-33(45(34)50(46(35)48)32-14-4-3-5-15-32)30-23-25-38-43(28-30)51-41-21-8-6-18-36(41)47(38)37-19-7-9-22-42(37)52-44-29-31(24-26-39(44)47)40-20-10-11-27-49-40/h3-6,8-9,12,14,16-18,20-27,29-30,32,37,39,42,44H,2,7,10-11,13,15,19,28,48H2,1H3. The van der Waals surface area contributed by atoms with Crippen LogP contribution >= 0.6 is 0 Å². The van der Waals surface area contributed by atoms with Gasteiger partial charge in [-0.25, -0.2) is 0 Å². The highest BCUT2D eigenvalue weighted by atomic mass is 16.5. The number of hydrogen-bond donors (Lipinski definition) is 1. The Hall–Kier alpha value is -4.87. The Morgan fingerprint density at radius 1 is 0.942 bits per heavy atom. The van der Waals surface area contributed by atoms with E-state index < -0.39 is 0 Å². The number of rotatable bonds is 5. The quantitative estimate of drug-likeness (QED) is 0.272. The molecule has 2 aromatic carbocycles. The average Bonchev–Trinajstić information content (AvgIpc) is 3.48. The van der Waals surface area contributed by atoms with E-state index in [-0.39, 0.29) is 41.4 Å². The molecule has 4 aliphatic carbocycles. The Labute approximate surface area is 307 Å². The van der Waals surface area contributed by atoms with Crippen molar-refractivity contribution in [2.75, 3.05) is 5.73 Å². The number of anilines is 1. The van der Waals surface area contributed by atoms with E-state index in [4.69, 9.17) is 20.2 Å². The van der Waals surface area contributed by atoms with Crippen molar-refractivity contribution in [1.82, 2.24) is 4.57 Å². The van der Waals surface area contributed by atoms with Gasteiger partial charge in [-0.1, -0.05) is 117 Å². The van der Waals surface area contributed by atoms with Gasteiger partial charge in [-0.3, -0.25) is 4.99 Å². The van der Waals surface area contributed by atoms with Crippen molar-refractivity contribution < 1.29 is 9.47 Å². The molecule has 0 bridgehead atoms. The fourth-order valence-electron chi connectivity index (χ4n) is 10.6. The van der Waals surface area contributed by atoms with Gasteiger partial charge in [0.05, 0.1) is 29.5 Å². The smallest absolute Gasteiger partial charge is 0.131 e. The Balaban J connectivity index is 1.12. The summed E-state index contributed by atoms with van der Waals surface area (Å²) in [5.41, 5.74) is 15.5. The largest absolute Gasteiger partial charge is 0.461 e. The number of ether oxygens (including phenoxy) is 2. The zero-order chi connectivity index (χ0) is 34.8. The van der Waals surface area contributed by atoms with Gasteiger partial charge in [0, 0.05) is 57.9 Å². The van der Waals surface area contributed by atoms with Crippen LogP contribution in [-0.4, -0.2) is 23.0 Å². The molecule has 1 aromatic heterocycles. The fraction of sp³-hybridized carbons (Fsp3) is 0.340. The summed E-state index contributed by atoms with van der Waals surface area (Å²) in [7, 11) is 0. The molecule has 5 nitrogen and oxygen atoms in total. The number of para-hydroxylation sites is 2. The lowest BCUT2D eigenvalue weighted by Gasteiger charge is -2.58. The van der Waals surface area contributed by atoms with E-state index in [1.807, 2.05) is 6.21 Å². The minimum absolute atomic E-state index is 0.0171. The van der Waals surface area contributed by atoms with Crippen molar-refractivity contribution in [2.45, 2.75) is 87.9 Å². The molecular formula is C47H47N3O2. The Kier molecular flexibility index (Phi) is 7.75. The van der Waals surface area contributed by atoms with Gasteiger partial charge in [-0.15, -0.1) is 0 Å². The topological polar surface area (TPSA) is 61.8 Å². The number of nitrogen functional groups attached to an aromatic ring is 1. The Morgan fingerprint density at radius 2 is 1.88 bits per heavy atom. The molecule has 1 spiro atoms. The molecule has 3 aromatic rings. The van der Waals surface area contributed by atoms with Crippen LogP contribution < -0.4 is 10.5 Å². The van der Waals surface area contributed by atoms with Crippen molar-refractivity contribution in [3.8, 4) is 5.75 Å². The minimum Gasteiger partial charge on any atom is -0.461 e. The maximum Gasteiger partial charge on any atom is 0.131 e. The third-order valence-electron chi connectivity index (χ3n) is 12.7. The monoisotopic (exact) mass is 685 g/mol. The first-order valence-corrected chi connectivity index (χ1v) is 19.6. The summed E-state index contributed by atoms with van der Waals surface area (Å²) in [5, 5.41) is 1.29. The van der Waals surface area contributed by atoms with Gasteiger partial charge in [0.1, 0.15) is 17.3 Å². The second-order valence-corrected chi connectivity index (χ2v) is 15.5. The normalized spacial score (nSPS) is 31.2. The van der Waals surface area contributed by atoms with Crippen LogP contribution in [0.4, 0.5) is 5.82 Å². The van der Waals surface area contributed by atoms with Crippen LogP contribution in [0.1, 0.15) is 80.5 Å². The molecule has 0 amide bonds. The minimum atomic E-state index is -0.295. The maximum atomic E-state index is 7.08. The zero-order valence-corrected chi connectivity index (χ0v) is 30.0. The third kappa shape index (κ3) is 4.74. The van der Waals surface area contributed by atoms with Crippen molar-refractivity contribution in [3.05, 3.63) is 155 Å². The number of aromatic nitrogens is 1. The molecule has 5 heteroatoms. The number of allylic oxidation sites excluding steroid dienone is 11. The fourth-order valence-corrected chi connectivity index (χ4v) is 10.6. The van der Waals surface area contributed by atoms with Crippen LogP contribution in [0.2, 0.25) is 0 Å². The Bertz CT molecular complexity index is 2240. The predicted octanol–water partition coefficient (Wildman–Crippen LogP) is 10.5. The van der Waals surface area contributed by atoms with Gasteiger partial charge in [-0.2, -0.15) is 0 Å². The summed E-state index contributed by atoms with van der Waals surface area (Å²) >= 11 is 0. The predicted molar refractivity (Wildman–Crippen MR) is 212 cm³/mol. The van der Waals surface area contributed by atoms with Gasteiger partial charge in [0.2, 0.25) is 0 Å². The Morgan fingerprint density at radius 3 is 2.75 bits per heavy atom. The van der Waals surface area contributed by atoms with Gasteiger partial charge in [0.15, 0.2) is 0 Å². The lowest BCUT2D eigenvalue weighted by Crippen LogP contribution is -2.59. The van der Waals surface area contributed by atoms with E-state index in [1.165, 1.54) is 38.7 Å². The van der Waals surface area contributed by atoms with E-state index in [2.05, 4.69) is 127 Å². The molecule has 3 aliphatic heterocycles. The number of hydrogen-bond acceptors (Lipinski definition) is 4. The molecule has 7 aliphatic rings. The third-order valence-corrected chi connectivity index (χ3v) is 12.7. The summed E-state index contributed by atoms with van der Waals surface area (Å²) < 4.78 is 16.6.